The lowest BCUT2D eigenvalue weighted by Gasteiger charge is -2.40. The number of benzene rings is 2. The molecule has 0 radical (unpaired) electrons. The number of ether oxygens (including phenoxy) is 4. The molecule has 0 spiro atoms. The molecular formula is C25H31NO6. The number of nitrogens with zero attached hydrogens (tertiary/aromatic N) is 1. The third-order valence-electron chi connectivity index (χ3n) is 5.59. The first-order valence-corrected chi connectivity index (χ1v) is 10.6. The summed E-state index contributed by atoms with van der Waals surface area (Å²) in [6.07, 6.45) is 0.724. The van der Waals surface area contributed by atoms with Crippen LogP contribution in [0.4, 0.5) is 0 Å². The number of carbonyl (C=O) groups is 2. The zero-order valence-corrected chi connectivity index (χ0v) is 19.6. The van der Waals surface area contributed by atoms with E-state index in [1.165, 1.54) is 7.11 Å². The van der Waals surface area contributed by atoms with Gasteiger partial charge in [-0.05, 0) is 53.9 Å². The second-order valence-electron chi connectivity index (χ2n) is 8.75. The third-order valence-corrected chi connectivity index (χ3v) is 5.59. The van der Waals surface area contributed by atoms with Crippen molar-refractivity contribution >= 4 is 11.9 Å². The molecule has 7 nitrogen and oxygen atoms in total. The summed E-state index contributed by atoms with van der Waals surface area (Å²) in [4.78, 5) is 26.8. The second-order valence-corrected chi connectivity index (χ2v) is 8.75. The Morgan fingerprint density at radius 1 is 1.00 bits per heavy atom. The molecule has 172 valence electrons. The summed E-state index contributed by atoms with van der Waals surface area (Å²) in [5.41, 5.74) is 2.02. The van der Waals surface area contributed by atoms with E-state index in [4.69, 9.17) is 18.9 Å². The summed E-state index contributed by atoms with van der Waals surface area (Å²) < 4.78 is 21.8. The molecule has 0 aromatic heterocycles. The molecule has 1 heterocycles. The fourth-order valence-corrected chi connectivity index (χ4v) is 3.86. The second kappa shape index (κ2) is 9.51. The Morgan fingerprint density at radius 3 is 2.19 bits per heavy atom. The van der Waals surface area contributed by atoms with Crippen LogP contribution in [0.25, 0.3) is 0 Å². The Labute approximate surface area is 189 Å². The maximum Gasteiger partial charge on any atom is 0.337 e. The molecule has 1 amide bonds. The summed E-state index contributed by atoms with van der Waals surface area (Å²) >= 11 is 0. The quantitative estimate of drug-likeness (QED) is 0.630. The molecular weight excluding hydrogens is 410 g/mol. The number of esters is 1. The topological polar surface area (TPSA) is 74.3 Å². The Kier molecular flexibility index (Phi) is 6.96. The molecule has 0 aliphatic carbocycles. The van der Waals surface area contributed by atoms with Crippen molar-refractivity contribution in [1.82, 2.24) is 4.90 Å². The predicted molar refractivity (Wildman–Crippen MR) is 120 cm³/mol. The largest absolute Gasteiger partial charge is 0.493 e. The van der Waals surface area contributed by atoms with Crippen LogP contribution in [0.5, 0.6) is 17.2 Å². The van der Waals surface area contributed by atoms with Crippen molar-refractivity contribution in [1.29, 1.82) is 0 Å². The van der Waals surface area contributed by atoms with Crippen molar-refractivity contribution in [3.05, 3.63) is 53.1 Å². The van der Waals surface area contributed by atoms with Gasteiger partial charge in [-0.3, -0.25) is 4.79 Å². The van der Waals surface area contributed by atoms with Gasteiger partial charge in [-0.15, -0.1) is 0 Å². The van der Waals surface area contributed by atoms with E-state index in [9.17, 15) is 9.59 Å². The normalized spacial score (nSPS) is 15.6. The first-order chi connectivity index (χ1) is 15.2. The molecule has 32 heavy (non-hydrogen) atoms. The van der Waals surface area contributed by atoms with Gasteiger partial charge in [-0.2, -0.15) is 0 Å². The minimum atomic E-state index is -0.519. The van der Waals surface area contributed by atoms with Crippen molar-refractivity contribution in [3.63, 3.8) is 0 Å². The van der Waals surface area contributed by atoms with E-state index in [1.807, 2.05) is 37.8 Å². The zero-order valence-electron chi connectivity index (χ0n) is 19.6. The molecule has 0 bridgehead atoms. The van der Waals surface area contributed by atoms with Gasteiger partial charge >= 0.3 is 5.97 Å². The first-order valence-electron chi connectivity index (χ1n) is 10.6. The summed E-state index contributed by atoms with van der Waals surface area (Å²) in [5.74, 6) is 1.55. The number of hydrogen-bond acceptors (Lipinski definition) is 6. The highest BCUT2D eigenvalue weighted by molar-refractivity contribution is 5.89. The highest BCUT2D eigenvalue weighted by atomic mass is 16.5. The molecule has 1 aliphatic rings. The van der Waals surface area contributed by atoms with Gasteiger partial charge in [0.2, 0.25) is 5.91 Å². The molecule has 2 aromatic rings. The summed E-state index contributed by atoms with van der Waals surface area (Å²) in [6.45, 7) is 6.62. The van der Waals surface area contributed by atoms with Gasteiger partial charge in [0.05, 0.1) is 32.9 Å². The van der Waals surface area contributed by atoms with Gasteiger partial charge in [0.15, 0.2) is 11.5 Å². The molecule has 0 saturated carbocycles. The Balaban J connectivity index is 1.92. The van der Waals surface area contributed by atoms with E-state index in [0.717, 1.165) is 17.5 Å². The molecule has 1 atom stereocenters. The molecule has 0 saturated heterocycles. The van der Waals surface area contributed by atoms with Crippen molar-refractivity contribution in [2.45, 2.75) is 33.2 Å². The highest BCUT2D eigenvalue weighted by Gasteiger charge is 2.37. The smallest absolute Gasteiger partial charge is 0.337 e. The summed E-state index contributed by atoms with van der Waals surface area (Å²) in [5, 5.41) is 0. The Morgan fingerprint density at radius 2 is 1.62 bits per heavy atom. The van der Waals surface area contributed by atoms with E-state index >= 15 is 0 Å². The van der Waals surface area contributed by atoms with Crippen molar-refractivity contribution in [2.24, 2.45) is 5.41 Å². The number of rotatable bonds is 6. The average molecular weight is 442 g/mol. The van der Waals surface area contributed by atoms with Crippen LogP contribution in [-0.2, 0) is 16.0 Å². The van der Waals surface area contributed by atoms with Crippen LogP contribution in [-0.4, -0.2) is 51.3 Å². The Bertz CT molecular complexity index is 977. The highest BCUT2D eigenvalue weighted by Crippen LogP contribution is 2.39. The fraction of sp³-hybridized carbons (Fsp3) is 0.440. The van der Waals surface area contributed by atoms with Crippen LogP contribution < -0.4 is 14.2 Å². The van der Waals surface area contributed by atoms with Crippen LogP contribution in [0.1, 0.15) is 48.3 Å². The zero-order chi connectivity index (χ0) is 23.5. The van der Waals surface area contributed by atoms with Gasteiger partial charge < -0.3 is 23.8 Å². The standard InChI is InChI=1S/C25H31NO6/c1-25(2,3)24(28)26-12-11-17-13-21(29-4)22(30-5)14-19(17)20(26)15-32-18-9-7-16(8-10-18)23(27)31-6/h7-10,13-14,20H,11-12,15H2,1-6H3/t20-/m0/s1. The molecule has 2 aromatic carbocycles. The van der Waals surface area contributed by atoms with Crippen LogP contribution in [0.2, 0.25) is 0 Å². The van der Waals surface area contributed by atoms with E-state index in [2.05, 4.69) is 0 Å². The molecule has 1 aliphatic heterocycles. The van der Waals surface area contributed by atoms with Gasteiger partial charge in [-0.1, -0.05) is 20.8 Å². The van der Waals surface area contributed by atoms with Crippen LogP contribution in [0, 0.1) is 5.41 Å². The minimum Gasteiger partial charge on any atom is -0.493 e. The monoisotopic (exact) mass is 441 g/mol. The lowest BCUT2D eigenvalue weighted by atomic mass is 9.88. The number of amides is 1. The summed E-state index contributed by atoms with van der Waals surface area (Å²) in [6, 6.07) is 10.4. The minimum absolute atomic E-state index is 0.0626. The van der Waals surface area contributed by atoms with Gasteiger partial charge in [-0.25, -0.2) is 4.79 Å². The van der Waals surface area contributed by atoms with Crippen LogP contribution >= 0.6 is 0 Å². The maximum absolute atomic E-state index is 13.2. The van der Waals surface area contributed by atoms with Gasteiger partial charge in [0.1, 0.15) is 12.4 Å². The Hall–Kier alpha value is -3.22. The first kappa shape index (κ1) is 23.4. The van der Waals surface area contributed by atoms with E-state index in [1.54, 1.807) is 38.5 Å². The number of hydrogen-bond donors (Lipinski definition) is 0. The maximum atomic E-state index is 13.2. The van der Waals surface area contributed by atoms with Crippen LogP contribution in [0.15, 0.2) is 36.4 Å². The lowest BCUT2D eigenvalue weighted by molar-refractivity contribution is -0.143. The SMILES string of the molecule is COC(=O)c1ccc(OC[C@H]2c3cc(OC)c(OC)cc3CCN2C(=O)C(C)(C)C)cc1. The van der Waals surface area contributed by atoms with E-state index in [-0.39, 0.29) is 18.6 Å². The van der Waals surface area contributed by atoms with Gasteiger partial charge in [0, 0.05) is 12.0 Å². The molecule has 0 N–H and O–H groups in total. The molecule has 0 fully saturated rings. The molecule has 7 heteroatoms. The van der Waals surface area contributed by atoms with E-state index in [0.29, 0.717) is 29.4 Å². The van der Waals surface area contributed by atoms with Gasteiger partial charge in [0.25, 0.3) is 0 Å². The van der Waals surface area contributed by atoms with Crippen molar-refractivity contribution in [2.75, 3.05) is 34.5 Å². The lowest BCUT2D eigenvalue weighted by Crippen LogP contribution is -2.47. The third kappa shape index (κ3) is 4.82. The molecule has 0 unspecified atom stereocenters. The summed E-state index contributed by atoms with van der Waals surface area (Å²) in [7, 11) is 4.55. The predicted octanol–water partition coefficient (Wildman–Crippen LogP) is 4.04. The van der Waals surface area contributed by atoms with Crippen molar-refractivity contribution < 1.29 is 28.5 Å². The molecule has 3 rings (SSSR count). The number of fused-ring (bicyclic) bond motifs is 1. The average Bonchev–Trinajstić information content (AvgIpc) is 2.80. The number of methoxy groups -OCH3 is 3. The van der Waals surface area contributed by atoms with E-state index < -0.39 is 11.4 Å². The van der Waals surface area contributed by atoms with Crippen LogP contribution in [0.3, 0.4) is 0 Å². The fourth-order valence-electron chi connectivity index (χ4n) is 3.86. The number of carbonyl (C=O) groups excluding carboxylic acids is 2. The van der Waals surface area contributed by atoms with Crippen molar-refractivity contribution in [3.8, 4) is 17.2 Å².